The Morgan fingerprint density at radius 3 is 2.61 bits per heavy atom. The second-order valence-corrected chi connectivity index (χ2v) is 3.62. The number of benzene rings is 1. The Morgan fingerprint density at radius 2 is 2.11 bits per heavy atom. The maximum atomic E-state index is 11.1. The van der Waals surface area contributed by atoms with Crippen LogP contribution in [0.5, 0.6) is 0 Å². The molecule has 0 aromatic heterocycles. The van der Waals surface area contributed by atoms with Crippen LogP contribution < -0.4 is 5.32 Å². The van der Waals surface area contributed by atoms with E-state index in [1.165, 1.54) is 25.1 Å². The number of nitro benzene ring substituents is 1. The molecular formula is C11H12N2O5. The third kappa shape index (κ3) is 3.55. The Balaban J connectivity index is 2.93. The molecule has 1 aromatic rings. The Hall–Kier alpha value is -2.44. The highest BCUT2D eigenvalue weighted by atomic mass is 16.6. The lowest BCUT2D eigenvalue weighted by molar-refractivity contribution is -0.384. The van der Waals surface area contributed by atoms with Crippen LogP contribution in [-0.2, 0) is 4.79 Å². The topological polar surface area (TPSA) is 110 Å². The summed E-state index contributed by atoms with van der Waals surface area (Å²) in [5.41, 5.74) is 0.199. The van der Waals surface area contributed by atoms with Gasteiger partial charge in [-0.3, -0.25) is 19.7 Å². The first-order valence-electron chi connectivity index (χ1n) is 5.17. The Kier molecular flexibility index (Phi) is 4.36. The molecule has 0 amide bonds. The van der Waals surface area contributed by atoms with Gasteiger partial charge in [-0.25, -0.2) is 0 Å². The van der Waals surface area contributed by atoms with E-state index in [1.807, 2.05) is 0 Å². The molecule has 0 aliphatic heterocycles. The Bertz CT molecular complexity index is 498. The minimum absolute atomic E-state index is 0.0790. The number of rotatable bonds is 6. The van der Waals surface area contributed by atoms with Crippen molar-refractivity contribution in [2.24, 2.45) is 0 Å². The molecule has 0 bridgehead atoms. The SMILES string of the molecule is CC(=O)c1ccc(NCCC(=O)O)c([N+](=O)[O-])c1. The van der Waals surface area contributed by atoms with Gasteiger partial charge in [-0.15, -0.1) is 0 Å². The van der Waals surface area contributed by atoms with Gasteiger partial charge in [0.1, 0.15) is 5.69 Å². The number of hydrogen-bond donors (Lipinski definition) is 2. The van der Waals surface area contributed by atoms with Crippen LogP contribution in [0, 0.1) is 10.1 Å². The minimum atomic E-state index is -0.995. The third-order valence-corrected chi connectivity index (χ3v) is 2.26. The fraction of sp³-hybridized carbons (Fsp3) is 0.273. The van der Waals surface area contributed by atoms with Crippen molar-refractivity contribution in [3.05, 3.63) is 33.9 Å². The van der Waals surface area contributed by atoms with E-state index < -0.39 is 10.9 Å². The van der Waals surface area contributed by atoms with Crippen LogP contribution in [0.2, 0.25) is 0 Å². The third-order valence-electron chi connectivity index (χ3n) is 2.26. The lowest BCUT2D eigenvalue weighted by atomic mass is 10.1. The van der Waals surface area contributed by atoms with Crippen molar-refractivity contribution in [2.45, 2.75) is 13.3 Å². The highest BCUT2D eigenvalue weighted by molar-refractivity contribution is 5.95. The first kappa shape index (κ1) is 13.6. The van der Waals surface area contributed by atoms with Gasteiger partial charge in [0.15, 0.2) is 5.78 Å². The number of hydrogen-bond acceptors (Lipinski definition) is 5. The molecule has 0 spiro atoms. The van der Waals surface area contributed by atoms with Crippen LogP contribution in [-0.4, -0.2) is 28.3 Å². The number of ketones is 1. The predicted octanol–water partition coefficient (Wildman–Crippen LogP) is 1.68. The normalized spacial score (nSPS) is 9.83. The van der Waals surface area contributed by atoms with Gasteiger partial charge in [-0.1, -0.05) is 0 Å². The molecule has 1 rings (SSSR count). The molecule has 1 aromatic carbocycles. The van der Waals surface area contributed by atoms with Crippen molar-refractivity contribution < 1.29 is 19.6 Å². The van der Waals surface area contributed by atoms with Crippen LogP contribution >= 0.6 is 0 Å². The number of carboxylic acid groups (broad SMARTS) is 1. The molecule has 0 saturated heterocycles. The van der Waals surface area contributed by atoms with Crippen molar-refractivity contribution in [3.8, 4) is 0 Å². The van der Waals surface area contributed by atoms with E-state index in [-0.39, 0.29) is 35.7 Å². The van der Waals surface area contributed by atoms with E-state index >= 15 is 0 Å². The average molecular weight is 252 g/mol. The molecule has 96 valence electrons. The maximum Gasteiger partial charge on any atom is 0.305 e. The van der Waals surface area contributed by atoms with E-state index in [0.29, 0.717) is 0 Å². The number of nitrogens with zero attached hydrogens (tertiary/aromatic N) is 1. The highest BCUT2D eigenvalue weighted by Crippen LogP contribution is 2.25. The molecule has 0 aliphatic carbocycles. The van der Waals surface area contributed by atoms with Gasteiger partial charge in [0.25, 0.3) is 5.69 Å². The van der Waals surface area contributed by atoms with Crippen molar-refractivity contribution in [2.75, 3.05) is 11.9 Å². The second-order valence-electron chi connectivity index (χ2n) is 3.62. The first-order valence-corrected chi connectivity index (χ1v) is 5.17. The fourth-order valence-corrected chi connectivity index (χ4v) is 1.36. The standard InChI is InChI=1S/C11H12N2O5/c1-7(14)8-2-3-9(10(6-8)13(17)18)12-5-4-11(15)16/h2-3,6,12H,4-5H2,1H3,(H,15,16). The molecule has 18 heavy (non-hydrogen) atoms. The number of anilines is 1. The van der Waals surface area contributed by atoms with Gasteiger partial charge in [0, 0.05) is 18.2 Å². The Labute approximate surface area is 103 Å². The number of nitro groups is 1. The smallest absolute Gasteiger partial charge is 0.305 e. The summed E-state index contributed by atoms with van der Waals surface area (Å²) in [7, 11) is 0. The summed E-state index contributed by atoms with van der Waals surface area (Å²) >= 11 is 0. The molecule has 0 unspecified atom stereocenters. The van der Waals surface area contributed by atoms with Crippen LogP contribution in [0.25, 0.3) is 0 Å². The average Bonchev–Trinajstić information content (AvgIpc) is 2.28. The highest BCUT2D eigenvalue weighted by Gasteiger charge is 2.15. The van der Waals surface area contributed by atoms with Crippen LogP contribution in [0.3, 0.4) is 0 Å². The number of aliphatic carboxylic acids is 1. The van der Waals surface area contributed by atoms with Gasteiger partial charge in [-0.05, 0) is 19.1 Å². The summed E-state index contributed by atoms with van der Waals surface area (Å²) in [6.45, 7) is 1.40. The zero-order valence-electron chi connectivity index (χ0n) is 9.67. The zero-order valence-corrected chi connectivity index (χ0v) is 9.67. The van der Waals surface area contributed by atoms with Crippen LogP contribution in [0.1, 0.15) is 23.7 Å². The van der Waals surface area contributed by atoms with Crippen LogP contribution in [0.4, 0.5) is 11.4 Å². The molecular weight excluding hydrogens is 240 g/mol. The summed E-state index contributed by atoms with van der Waals surface area (Å²) in [4.78, 5) is 31.7. The number of carbonyl (C=O) groups is 2. The van der Waals surface area contributed by atoms with Crippen molar-refractivity contribution >= 4 is 23.1 Å². The van der Waals surface area contributed by atoms with Gasteiger partial charge in [0.05, 0.1) is 11.3 Å². The summed E-state index contributed by atoms with van der Waals surface area (Å²) in [6.07, 6.45) is -0.147. The van der Waals surface area contributed by atoms with E-state index in [4.69, 9.17) is 5.11 Å². The van der Waals surface area contributed by atoms with E-state index in [0.717, 1.165) is 0 Å². The first-order chi connectivity index (χ1) is 8.41. The quantitative estimate of drug-likeness (QED) is 0.453. The van der Waals surface area contributed by atoms with Crippen molar-refractivity contribution in [3.63, 3.8) is 0 Å². The second kappa shape index (κ2) is 5.76. The predicted molar refractivity (Wildman–Crippen MR) is 63.8 cm³/mol. The lowest BCUT2D eigenvalue weighted by Crippen LogP contribution is -2.09. The molecule has 0 radical (unpaired) electrons. The number of nitrogens with one attached hydrogen (secondary N) is 1. The number of carbonyl (C=O) groups excluding carboxylic acids is 1. The van der Waals surface area contributed by atoms with E-state index in [1.54, 1.807) is 0 Å². The molecule has 0 fully saturated rings. The van der Waals surface area contributed by atoms with Crippen LogP contribution in [0.15, 0.2) is 18.2 Å². The zero-order chi connectivity index (χ0) is 13.7. The van der Waals surface area contributed by atoms with Crippen molar-refractivity contribution in [1.29, 1.82) is 0 Å². The largest absolute Gasteiger partial charge is 0.481 e. The number of Topliss-reactive ketones (excluding diaryl/α,β-unsaturated/α-hetero) is 1. The van der Waals surface area contributed by atoms with Gasteiger partial charge >= 0.3 is 5.97 Å². The minimum Gasteiger partial charge on any atom is -0.481 e. The molecule has 2 N–H and O–H groups in total. The van der Waals surface area contributed by atoms with Gasteiger partial charge in [0.2, 0.25) is 0 Å². The van der Waals surface area contributed by atoms with Gasteiger partial charge < -0.3 is 10.4 Å². The summed E-state index contributed by atoms with van der Waals surface area (Å²) < 4.78 is 0. The van der Waals surface area contributed by atoms with Crippen molar-refractivity contribution in [1.82, 2.24) is 0 Å². The molecule has 7 nitrogen and oxygen atoms in total. The van der Waals surface area contributed by atoms with Gasteiger partial charge in [-0.2, -0.15) is 0 Å². The Morgan fingerprint density at radius 1 is 1.44 bits per heavy atom. The molecule has 7 heteroatoms. The van der Waals surface area contributed by atoms with E-state index in [2.05, 4.69) is 5.32 Å². The monoisotopic (exact) mass is 252 g/mol. The maximum absolute atomic E-state index is 11.1. The van der Waals surface area contributed by atoms with E-state index in [9.17, 15) is 19.7 Å². The molecule has 0 saturated carbocycles. The molecule has 0 aliphatic rings. The molecule has 0 heterocycles. The molecule has 0 atom stereocenters. The fourth-order valence-electron chi connectivity index (χ4n) is 1.36. The number of carboxylic acids is 1. The summed E-state index contributed by atoms with van der Waals surface area (Å²) in [5.74, 6) is -1.26. The summed E-state index contributed by atoms with van der Waals surface area (Å²) in [6, 6.07) is 4.03. The lowest BCUT2D eigenvalue weighted by Gasteiger charge is -2.06. The summed E-state index contributed by atoms with van der Waals surface area (Å²) in [5, 5.41) is 22.0.